The second-order valence-electron chi connectivity index (χ2n) is 5.20. The molecule has 2 aromatic carbocycles. The van der Waals surface area contributed by atoms with Crippen molar-refractivity contribution < 1.29 is 0 Å². The Hall–Kier alpha value is -1.39. The van der Waals surface area contributed by atoms with Gasteiger partial charge >= 0.3 is 0 Å². The summed E-state index contributed by atoms with van der Waals surface area (Å²) in [5.41, 5.74) is 6.95. The van der Waals surface area contributed by atoms with Gasteiger partial charge in [0, 0.05) is 4.47 Å². The topological polar surface area (TPSA) is 20.7 Å². The molecule has 0 atom stereocenters. The average Bonchev–Trinajstić information content (AvgIpc) is 2.65. The minimum Gasteiger partial charge on any atom is -0.330 e. The number of H-pyrrole nitrogens is 1. The molecule has 3 aromatic rings. The Morgan fingerprint density at radius 3 is 2.50 bits per heavy atom. The highest BCUT2D eigenvalue weighted by Crippen LogP contribution is 2.30. The van der Waals surface area contributed by atoms with E-state index < -0.39 is 0 Å². The lowest BCUT2D eigenvalue weighted by Crippen LogP contribution is -1.99. The van der Waals surface area contributed by atoms with Crippen LogP contribution < -0.4 is 0 Å². The Bertz CT molecular complexity index is 851. The zero-order valence-corrected chi connectivity index (χ0v) is 14.0. The largest absolute Gasteiger partial charge is 0.330 e. The number of aromatic nitrogens is 2. The van der Waals surface area contributed by atoms with Gasteiger partial charge in [-0.05, 0) is 83.8 Å². The van der Waals surface area contributed by atoms with Crippen molar-refractivity contribution in [3.8, 4) is 5.69 Å². The van der Waals surface area contributed by atoms with Crippen molar-refractivity contribution in [1.82, 2.24) is 9.55 Å². The van der Waals surface area contributed by atoms with Gasteiger partial charge in [-0.25, -0.2) is 0 Å². The molecule has 20 heavy (non-hydrogen) atoms. The first-order valence-corrected chi connectivity index (χ1v) is 7.66. The predicted molar refractivity (Wildman–Crippen MR) is 90.4 cm³/mol. The van der Waals surface area contributed by atoms with Crippen molar-refractivity contribution in [2.75, 3.05) is 0 Å². The van der Waals surface area contributed by atoms with Gasteiger partial charge in [-0.2, -0.15) is 0 Å². The quantitative estimate of drug-likeness (QED) is 0.587. The zero-order valence-electron chi connectivity index (χ0n) is 11.6. The molecule has 0 radical (unpaired) electrons. The third-order valence-corrected chi connectivity index (χ3v) is 4.35. The molecule has 3 rings (SSSR count). The molecule has 0 fully saturated rings. The van der Waals surface area contributed by atoms with E-state index in [-0.39, 0.29) is 0 Å². The van der Waals surface area contributed by atoms with E-state index in [9.17, 15) is 0 Å². The van der Waals surface area contributed by atoms with Crippen molar-refractivity contribution in [2.45, 2.75) is 20.8 Å². The van der Waals surface area contributed by atoms with Crippen LogP contribution in [0.15, 0.2) is 34.8 Å². The van der Waals surface area contributed by atoms with Crippen LogP contribution in [0.2, 0.25) is 0 Å². The van der Waals surface area contributed by atoms with Gasteiger partial charge in [0.25, 0.3) is 0 Å². The highest BCUT2D eigenvalue weighted by molar-refractivity contribution is 9.10. The highest BCUT2D eigenvalue weighted by atomic mass is 79.9. The molecule has 2 nitrogen and oxygen atoms in total. The second-order valence-corrected chi connectivity index (χ2v) is 6.44. The molecule has 0 aliphatic carbocycles. The number of imidazole rings is 1. The van der Waals surface area contributed by atoms with Crippen LogP contribution in [0.5, 0.6) is 0 Å². The lowest BCUT2D eigenvalue weighted by atomic mass is 10.1. The molecule has 0 unspecified atom stereocenters. The number of halogens is 1. The van der Waals surface area contributed by atoms with E-state index in [2.05, 4.69) is 76.6 Å². The first-order valence-electron chi connectivity index (χ1n) is 6.46. The zero-order chi connectivity index (χ0) is 14.4. The maximum Gasteiger partial charge on any atom is 0.182 e. The van der Waals surface area contributed by atoms with Gasteiger partial charge in [0.2, 0.25) is 0 Å². The van der Waals surface area contributed by atoms with Crippen LogP contribution >= 0.6 is 28.1 Å². The summed E-state index contributed by atoms with van der Waals surface area (Å²) in [5.74, 6) is 0. The normalized spacial score (nSPS) is 11.2. The van der Waals surface area contributed by atoms with Crippen molar-refractivity contribution in [3.05, 3.63) is 56.3 Å². The van der Waals surface area contributed by atoms with Gasteiger partial charge < -0.3 is 4.98 Å². The minimum atomic E-state index is 0.721. The Morgan fingerprint density at radius 1 is 1.05 bits per heavy atom. The van der Waals surface area contributed by atoms with Crippen LogP contribution in [-0.4, -0.2) is 9.55 Å². The average molecular weight is 347 g/mol. The Kier molecular flexibility index (Phi) is 3.30. The first-order chi connectivity index (χ1) is 9.47. The Morgan fingerprint density at radius 2 is 1.80 bits per heavy atom. The van der Waals surface area contributed by atoms with E-state index in [0.717, 1.165) is 26.0 Å². The standard InChI is InChI=1S/C16H15BrN2S/c1-9-4-5-13-14(8-9)19(16(20)18-13)15-11(3)6-10(2)7-12(15)17/h4-8H,1-3H3,(H,18,20). The van der Waals surface area contributed by atoms with Crippen LogP contribution in [-0.2, 0) is 0 Å². The van der Waals surface area contributed by atoms with Crippen molar-refractivity contribution in [3.63, 3.8) is 0 Å². The van der Waals surface area contributed by atoms with Crippen LogP contribution in [0.4, 0.5) is 0 Å². The maximum absolute atomic E-state index is 5.52. The number of aryl methyl sites for hydroxylation is 3. The number of nitrogens with one attached hydrogen (secondary N) is 1. The van der Waals surface area contributed by atoms with Gasteiger partial charge in [-0.15, -0.1) is 0 Å². The number of hydrogen-bond donors (Lipinski definition) is 1. The third-order valence-electron chi connectivity index (χ3n) is 3.46. The van der Waals surface area contributed by atoms with Crippen molar-refractivity contribution in [2.24, 2.45) is 0 Å². The molecular weight excluding hydrogens is 332 g/mol. The summed E-state index contributed by atoms with van der Waals surface area (Å²) in [4.78, 5) is 3.28. The van der Waals surface area contributed by atoms with Crippen molar-refractivity contribution >= 4 is 39.2 Å². The molecule has 1 heterocycles. The second kappa shape index (κ2) is 4.86. The van der Waals surface area contributed by atoms with Gasteiger partial charge in [-0.3, -0.25) is 4.57 Å². The van der Waals surface area contributed by atoms with Gasteiger partial charge in [-0.1, -0.05) is 12.1 Å². The fraction of sp³-hybridized carbons (Fsp3) is 0.188. The molecule has 1 aromatic heterocycles. The van der Waals surface area contributed by atoms with Gasteiger partial charge in [0.15, 0.2) is 4.77 Å². The molecule has 0 spiro atoms. The number of benzene rings is 2. The molecule has 0 aliphatic heterocycles. The summed E-state index contributed by atoms with van der Waals surface area (Å²) in [5, 5.41) is 0. The summed E-state index contributed by atoms with van der Waals surface area (Å²) >= 11 is 9.19. The molecule has 102 valence electrons. The van der Waals surface area contributed by atoms with Crippen LogP contribution in [0, 0.1) is 25.5 Å². The van der Waals surface area contributed by atoms with E-state index >= 15 is 0 Å². The van der Waals surface area contributed by atoms with E-state index in [1.807, 2.05) is 0 Å². The van der Waals surface area contributed by atoms with Gasteiger partial charge in [0.05, 0.1) is 16.7 Å². The molecule has 0 saturated carbocycles. The molecule has 0 bridgehead atoms. The van der Waals surface area contributed by atoms with Crippen LogP contribution in [0.3, 0.4) is 0 Å². The molecule has 0 saturated heterocycles. The van der Waals surface area contributed by atoms with Crippen LogP contribution in [0.25, 0.3) is 16.7 Å². The maximum atomic E-state index is 5.52. The summed E-state index contributed by atoms with van der Waals surface area (Å²) in [7, 11) is 0. The van der Waals surface area contributed by atoms with E-state index in [1.165, 1.54) is 16.7 Å². The Labute approximate surface area is 131 Å². The molecule has 0 aliphatic rings. The summed E-state index contributed by atoms with van der Waals surface area (Å²) in [6.07, 6.45) is 0. The van der Waals surface area contributed by atoms with Gasteiger partial charge in [0.1, 0.15) is 0 Å². The fourth-order valence-corrected chi connectivity index (χ4v) is 3.78. The van der Waals surface area contributed by atoms with Crippen molar-refractivity contribution in [1.29, 1.82) is 0 Å². The molecule has 0 amide bonds. The van der Waals surface area contributed by atoms with E-state index in [1.54, 1.807) is 0 Å². The number of aromatic amines is 1. The molecule has 4 heteroatoms. The molecule has 1 N–H and O–H groups in total. The lowest BCUT2D eigenvalue weighted by molar-refractivity contribution is 1.04. The number of rotatable bonds is 1. The lowest BCUT2D eigenvalue weighted by Gasteiger charge is -2.12. The Balaban J connectivity index is 2.44. The summed E-state index contributed by atoms with van der Waals surface area (Å²) < 4.78 is 3.89. The highest BCUT2D eigenvalue weighted by Gasteiger charge is 2.12. The monoisotopic (exact) mass is 346 g/mol. The van der Waals surface area contributed by atoms with E-state index in [4.69, 9.17) is 12.2 Å². The fourth-order valence-electron chi connectivity index (χ4n) is 2.63. The number of fused-ring (bicyclic) bond motifs is 1. The molecular formula is C16H15BrN2S. The number of nitrogens with zero attached hydrogens (tertiary/aromatic N) is 1. The summed E-state index contributed by atoms with van der Waals surface area (Å²) in [6, 6.07) is 10.6. The van der Waals surface area contributed by atoms with Crippen LogP contribution in [0.1, 0.15) is 16.7 Å². The minimum absolute atomic E-state index is 0.721. The van der Waals surface area contributed by atoms with E-state index in [0.29, 0.717) is 0 Å². The number of hydrogen-bond acceptors (Lipinski definition) is 1. The smallest absolute Gasteiger partial charge is 0.182 e. The summed E-state index contributed by atoms with van der Waals surface area (Å²) in [6.45, 7) is 6.31. The predicted octanol–water partition coefficient (Wildman–Crippen LogP) is 5.38. The SMILES string of the molecule is Cc1cc(C)c(-n2c(=S)[nH]c3ccc(C)cc32)c(Br)c1. The first kappa shape index (κ1) is 13.6. The third kappa shape index (κ3) is 2.13.